The maximum absolute atomic E-state index is 12.3. The lowest BCUT2D eigenvalue weighted by Gasteiger charge is -2.32. The summed E-state index contributed by atoms with van der Waals surface area (Å²) in [7, 11) is 2.17. The zero-order valence-electron chi connectivity index (χ0n) is 15.6. The topological polar surface area (TPSA) is 35.6 Å². The molecule has 5 heteroatoms. The van der Waals surface area contributed by atoms with Gasteiger partial charge in [-0.2, -0.15) is 0 Å². The molecule has 0 unspecified atom stereocenters. The minimum atomic E-state index is 0.0370. The number of carbonyl (C=O) groups excluding carboxylic acids is 1. The standard InChI is InChI=1S/C21H27N3OS/c1-17-6-3-4-9-20(17)26-16-21(25)22-19-8-5-7-18(14-19)15-24-12-10-23(2)11-13-24/h3-9,14H,10-13,15-16H2,1-2H3,(H,22,25). The summed E-state index contributed by atoms with van der Waals surface area (Å²) < 4.78 is 0. The summed E-state index contributed by atoms with van der Waals surface area (Å²) in [5, 5.41) is 3.03. The van der Waals surface area contributed by atoms with E-state index in [1.165, 1.54) is 11.1 Å². The highest BCUT2D eigenvalue weighted by atomic mass is 32.2. The third kappa shape index (κ3) is 5.59. The molecule has 4 nitrogen and oxygen atoms in total. The fourth-order valence-corrected chi connectivity index (χ4v) is 3.90. The molecule has 0 aliphatic carbocycles. The van der Waals surface area contributed by atoms with Crippen LogP contribution in [0.4, 0.5) is 5.69 Å². The molecule has 0 spiro atoms. The number of hydrogen-bond donors (Lipinski definition) is 1. The molecule has 26 heavy (non-hydrogen) atoms. The van der Waals surface area contributed by atoms with Crippen LogP contribution < -0.4 is 5.32 Å². The van der Waals surface area contributed by atoms with Gasteiger partial charge in [-0.15, -0.1) is 11.8 Å². The predicted octanol–water partition coefficient (Wildman–Crippen LogP) is 3.47. The second-order valence-corrected chi connectivity index (χ2v) is 7.90. The molecular formula is C21H27N3OS. The molecule has 2 aromatic carbocycles. The summed E-state index contributed by atoms with van der Waals surface area (Å²) in [6.07, 6.45) is 0. The van der Waals surface area contributed by atoms with Crippen molar-refractivity contribution in [3.8, 4) is 0 Å². The fraction of sp³-hybridized carbons (Fsp3) is 0.381. The van der Waals surface area contributed by atoms with Crippen LogP contribution in [0.2, 0.25) is 0 Å². The van der Waals surface area contributed by atoms with Crippen molar-refractivity contribution < 1.29 is 4.79 Å². The third-order valence-electron chi connectivity index (χ3n) is 4.67. The van der Waals surface area contributed by atoms with E-state index in [1.54, 1.807) is 11.8 Å². The molecule has 0 atom stereocenters. The van der Waals surface area contributed by atoms with E-state index in [-0.39, 0.29) is 5.91 Å². The van der Waals surface area contributed by atoms with Crippen LogP contribution in [0.25, 0.3) is 0 Å². The molecule has 138 valence electrons. The number of piperazine rings is 1. The molecule has 1 saturated heterocycles. The van der Waals surface area contributed by atoms with Crippen molar-refractivity contribution in [2.75, 3.05) is 44.3 Å². The molecule has 1 N–H and O–H groups in total. The van der Waals surface area contributed by atoms with Crippen LogP contribution in [-0.4, -0.2) is 54.7 Å². The third-order valence-corrected chi connectivity index (χ3v) is 5.84. The highest BCUT2D eigenvalue weighted by Crippen LogP contribution is 2.22. The van der Waals surface area contributed by atoms with Crippen molar-refractivity contribution in [3.63, 3.8) is 0 Å². The van der Waals surface area contributed by atoms with Gasteiger partial charge in [0.25, 0.3) is 0 Å². The molecule has 1 fully saturated rings. The molecule has 3 rings (SSSR count). The average Bonchev–Trinajstić information content (AvgIpc) is 2.63. The Morgan fingerprint density at radius 2 is 1.85 bits per heavy atom. The summed E-state index contributed by atoms with van der Waals surface area (Å²) in [4.78, 5) is 18.3. The molecule has 1 aliphatic rings. The average molecular weight is 370 g/mol. The van der Waals surface area contributed by atoms with Crippen LogP contribution in [-0.2, 0) is 11.3 Å². The lowest BCUT2D eigenvalue weighted by molar-refractivity contribution is -0.113. The van der Waals surface area contributed by atoms with Crippen molar-refractivity contribution in [1.29, 1.82) is 0 Å². The van der Waals surface area contributed by atoms with E-state index in [0.29, 0.717) is 5.75 Å². The van der Waals surface area contributed by atoms with E-state index < -0.39 is 0 Å². The Morgan fingerprint density at radius 3 is 2.62 bits per heavy atom. The van der Waals surface area contributed by atoms with Crippen molar-refractivity contribution in [2.24, 2.45) is 0 Å². The second kappa shape index (κ2) is 9.21. The first kappa shape index (κ1) is 19.0. The van der Waals surface area contributed by atoms with Gasteiger partial charge >= 0.3 is 0 Å². The SMILES string of the molecule is Cc1ccccc1SCC(=O)Nc1cccc(CN2CCN(C)CC2)c1. The maximum Gasteiger partial charge on any atom is 0.234 e. The predicted molar refractivity (Wildman–Crippen MR) is 110 cm³/mol. The lowest BCUT2D eigenvalue weighted by atomic mass is 10.1. The second-order valence-electron chi connectivity index (χ2n) is 6.88. The number of rotatable bonds is 6. The van der Waals surface area contributed by atoms with Crippen LogP contribution in [0.1, 0.15) is 11.1 Å². The van der Waals surface area contributed by atoms with Gasteiger partial charge in [0.1, 0.15) is 0 Å². The first-order chi connectivity index (χ1) is 12.6. The van der Waals surface area contributed by atoms with Crippen LogP contribution in [0.15, 0.2) is 53.4 Å². The van der Waals surface area contributed by atoms with E-state index in [4.69, 9.17) is 0 Å². The number of anilines is 1. The number of nitrogens with one attached hydrogen (secondary N) is 1. The number of carbonyl (C=O) groups is 1. The van der Waals surface area contributed by atoms with Gasteiger partial charge in [0.05, 0.1) is 5.75 Å². The number of hydrogen-bond acceptors (Lipinski definition) is 4. The molecule has 1 heterocycles. The molecule has 1 amide bonds. The Balaban J connectivity index is 1.51. The van der Waals surface area contributed by atoms with Gasteiger partial charge in [-0.3, -0.25) is 9.69 Å². The maximum atomic E-state index is 12.3. The van der Waals surface area contributed by atoms with Crippen molar-refractivity contribution in [2.45, 2.75) is 18.4 Å². The number of benzene rings is 2. The van der Waals surface area contributed by atoms with E-state index in [2.05, 4.69) is 53.4 Å². The molecule has 0 radical (unpaired) electrons. The Bertz CT molecular complexity index is 742. The van der Waals surface area contributed by atoms with Crippen LogP contribution >= 0.6 is 11.8 Å². The van der Waals surface area contributed by atoms with Crippen LogP contribution in [0, 0.1) is 6.92 Å². The molecule has 1 aliphatic heterocycles. The molecule has 2 aromatic rings. The van der Waals surface area contributed by atoms with Gasteiger partial charge in [-0.25, -0.2) is 0 Å². The van der Waals surface area contributed by atoms with Gasteiger partial charge in [0.2, 0.25) is 5.91 Å². The number of likely N-dealkylation sites (N-methyl/N-ethyl adjacent to an activating group) is 1. The normalized spacial score (nSPS) is 15.8. The van der Waals surface area contributed by atoms with E-state index in [1.807, 2.05) is 24.3 Å². The van der Waals surface area contributed by atoms with E-state index in [9.17, 15) is 4.79 Å². The van der Waals surface area contributed by atoms with Gasteiger partial charge in [0, 0.05) is 43.3 Å². The van der Waals surface area contributed by atoms with E-state index in [0.717, 1.165) is 43.3 Å². The Morgan fingerprint density at radius 1 is 1.08 bits per heavy atom. The van der Waals surface area contributed by atoms with Crippen molar-refractivity contribution in [3.05, 3.63) is 59.7 Å². The van der Waals surface area contributed by atoms with Gasteiger partial charge in [0.15, 0.2) is 0 Å². The molecule has 0 bridgehead atoms. The summed E-state index contributed by atoms with van der Waals surface area (Å²) in [5.74, 6) is 0.461. The monoisotopic (exact) mass is 369 g/mol. The lowest BCUT2D eigenvalue weighted by Crippen LogP contribution is -2.43. The number of thioether (sulfide) groups is 1. The van der Waals surface area contributed by atoms with Crippen molar-refractivity contribution >= 4 is 23.4 Å². The highest BCUT2D eigenvalue weighted by Gasteiger charge is 2.14. The fourth-order valence-electron chi connectivity index (χ4n) is 3.07. The molecular weight excluding hydrogens is 342 g/mol. The largest absolute Gasteiger partial charge is 0.325 e. The smallest absolute Gasteiger partial charge is 0.234 e. The summed E-state index contributed by atoms with van der Waals surface area (Å²) in [6, 6.07) is 16.4. The number of amides is 1. The van der Waals surface area contributed by atoms with Crippen molar-refractivity contribution in [1.82, 2.24) is 9.80 Å². The summed E-state index contributed by atoms with van der Waals surface area (Å²) in [5.41, 5.74) is 3.34. The zero-order valence-corrected chi connectivity index (χ0v) is 16.4. The highest BCUT2D eigenvalue weighted by molar-refractivity contribution is 8.00. The zero-order chi connectivity index (χ0) is 18.4. The quantitative estimate of drug-likeness (QED) is 0.791. The number of nitrogens with zero attached hydrogens (tertiary/aromatic N) is 2. The van der Waals surface area contributed by atoms with Gasteiger partial charge in [-0.1, -0.05) is 30.3 Å². The first-order valence-electron chi connectivity index (χ1n) is 9.08. The summed E-state index contributed by atoms with van der Waals surface area (Å²) in [6.45, 7) is 7.44. The van der Waals surface area contributed by atoms with Crippen LogP contribution in [0.5, 0.6) is 0 Å². The summed E-state index contributed by atoms with van der Waals surface area (Å²) >= 11 is 1.58. The van der Waals surface area contributed by atoms with Gasteiger partial charge < -0.3 is 10.2 Å². The Labute approximate surface area is 160 Å². The minimum absolute atomic E-state index is 0.0370. The van der Waals surface area contributed by atoms with E-state index >= 15 is 0 Å². The van der Waals surface area contributed by atoms with Gasteiger partial charge in [-0.05, 0) is 43.3 Å². The van der Waals surface area contributed by atoms with Crippen LogP contribution in [0.3, 0.4) is 0 Å². The minimum Gasteiger partial charge on any atom is -0.325 e. The molecule has 0 aromatic heterocycles. The molecule has 0 saturated carbocycles. The first-order valence-corrected chi connectivity index (χ1v) is 10.1. The number of aryl methyl sites for hydroxylation is 1. The Kier molecular flexibility index (Phi) is 6.72. The Hall–Kier alpha value is -1.82.